The molecule has 1 saturated carbocycles. The first-order chi connectivity index (χ1) is 9.43. The van der Waals surface area contributed by atoms with E-state index in [2.05, 4.69) is 5.32 Å². The van der Waals surface area contributed by atoms with Crippen LogP contribution in [-0.2, 0) is 9.53 Å². The number of amides is 2. The van der Waals surface area contributed by atoms with E-state index in [0.717, 1.165) is 25.7 Å². The van der Waals surface area contributed by atoms with Crippen molar-refractivity contribution >= 4 is 12.0 Å². The van der Waals surface area contributed by atoms with Crippen molar-refractivity contribution in [3.8, 4) is 0 Å². The summed E-state index contributed by atoms with van der Waals surface area (Å²) >= 11 is 0. The van der Waals surface area contributed by atoms with Gasteiger partial charge in [0.2, 0.25) is 0 Å². The molecule has 0 heterocycles. The summed E-state index contributed by atoms with van der Waals surface area (Å²) in [6.07, 6.45) is 4.73. The van der Waals surface area contributed by atoms with Crippen LogP contribution in [0, 0.1) is 0 Å². The minimum atomic E-state index is -1.12. The number of methoxy groups -OCH3 is 1. The average Bonchev–Trinajstić information content (AvgIpc) is 2.64. The lowest BCUT2D eigenvalue weighted by molar-refractivity contribution is -0.145. The molecule has 0 aromatic heterocycles. The number of aliphatic carboxylic acids is 1. The third kappa shape index (κ3) is 4.10. The van der Waals surface area contributed by atoms with Gasteiger partial charge in [-0.15, -0.1) is 0 Å². The van der Waals surface area contributed by atoms with Crippen molar-refractivity contribution < 1.29 is 19.4 Å². The number of nitrogens with zero attached hydrogens (tertiary/aromatic N) is 1. The molecule has 0 radical (unpaired) electrons. The highest BCUT2D eigenvalue weighted by atomic mass is 16.5. The molecule has 0 bridgehead atoms. The van der Waals surface area contributed by atoms with E-state index in [1.54, 1.807) is 14.2 Å². The number of carbonyl (C=O) groups is 2. The molecule has 1 aliphatic rings. The maximum absolute atomic E-state index is 12.2. The number of carboxylic acids is 1. The van der Waals surface area contributed by atoms with Gasteiger partial charge in [-0.05, 0) is 19.8 Å². The van der Waals surface area contributed by atoms with E-state index in [-0.39, 0.29) is 12.1 Å². The molecule has 0 aromatic carbocycles. The van der Waals surface area contributed by atoms with E-state index in [1.807, 2.05) is 6.92 Å². The average molecular weight is 286 g/mol. The molecule has 6 heteroatoms. The second-order valence-corrected chi connectivity index (χ2v) is 5.65. The second-order valence-electron chi connectivity index (χ2n) is 5.65. The van der Waals surface area contributed by atoms with Crippen LogP contribution in [-0.4, -0.2) is 54.4 Å². The Morgan fingerprint density at radius 2 is 1.85 bits per heavy atom. The van der Waals surface area contributed by atoms with Crippen molar-refractivity contribution in [2.75, 3.05) is 20.8 Å². The molecule has 116 valence electrons. The predicted octanol–water partition coefficient (Wildman–Crippen LogP) is 1.84. The summed E-state index contributed by atoms with van der Waals surface area (Å²) in [6.45, 7) is 2.29. The molecule has 1 unspecified atom stereocenters. The molecular formula is C14H26N2O4. The number of urea groups is 1. The number of rotatable bonds is 5. The van der Waals surface area contributed by atoms with Crippen LogP contribution < -0.4 is 5.32 Å². The van der Waals surface area contributed by atoms with Crippen LogP contribution in [0.1, 0.15) is 45.4 Å². The monoisotopic (exact) mass is 286 g/mol. The molecule has 1 fully saturated rings. The summed E-state index contributed by atoms with van der Waals surface area (Å²) in [5, 5.41) is 12.3. The van der Waals surface area contributed by atoms with Crippen molar-refractivity contribution in [3.63, 3.8) is 0 Å². The molecule has 20 heavy (non-hydrogen) atoms. The van der Waals surface area contributed by atoms with E-state index in [9.17, 15) is 14.7 Å². The summed E-state index contributed by atoms with van der Waals surface area (Å²) < 4.78 is 5.02. The normalized spacial score (nSPS) is 19.8. The van der Waals surface area contributed by atoms with Gasteiger partial charge in [0, 0.05) is 14.2 Å². The summed E-state index contributed by atoms with van der Waals surface area (Å²) in [5.74, 6) is -0.930. The van der Waals surface area contributed by atoms with Crippen LogP contribution in [0.4, 0.5) is 4.79 Å². The van der Waals surface area contributed by atoms with Gasteiger partial charge in [0.1, 0.15) is 5.54 Å². The predicted molar refractivity (Wildman–Crippen MR) is 75.7 cm³/mol. The minimum absolute atomic E-state index is 0.100. The van der Waals surface area contributed by atoms with Gasteiger partial charge in [0.05, 0.1) is 12.6 Å². The largest absolute Gasteiger partial charge is 0.480 e. The highest BCUT2D eigenvalue weighted by Gasteiger charge is 2.40. The molecular weight excluding hydrogens is 260 g/mol. The molecule has 0 saturated heterocycles. The summed E-state index contributed by atoms with van der Waals surface area (Å²) in [5.41, 5.74) is -1.12. The third-order valence-corrected chi connectivity index (χ3v) is 4.10. The number of nitrogens with one attached hydrogen (secondary N) is 1. The Labute approximate surface area is 120 Å². The van der Waals surface area contributed by atoms with E-state index in [0.29, 0.717) is 19.4 Å². The maximum atomic E-state index is 12.2. The number of hydrogen-bond donors (Lipinski definition) is 2. The Morgan fingerprint density at radius 1 is 1.30 bits per heavy atom. The highest BCUT2D eigenvalue weighted by Crippen LogP contribution is 2.27. The lowest BCUT2D eigenvalue weighted by atomic mass is 9.90. The molecule has 0 aliphatic heterocycles. The number of carboxylic acid groups (broad SMARTS) is 1. The van der Waals surface area contributed by atoms with Crippen molar-refractivity contribution in [1.82, 2.24) is 10.2 Å². The van der Waals surface area contributed by atoms with Crippen LogP contribution in [0.25, 0.3) is 0 Å². The number of hydrogen-bond acceptors (Lipinski definition) is 3. The van der Waals surface area contributed by atoms with Gasteiger partial charge in [-0.2, -0.15) is 0 Å². The van der Waals surface area contributed by atoms with Crippen LogP contribution >= 0.6 is 0 Å². The quantitative estimate of drug-likeness (QED) is 0.756. The Kier molecular flexibility index (Phi) is 6.26. The molecule has 0 aromatic rings. The lowest BCUT2D eigenvalue weighted by Crippen LogP contribution is -2.58. The Morgan fingerprint density at radius 3 is 2.30 bits per heavy atom. The van der Waals surface area contributed by atoms with E-state index in [4.69, 9.17) is 4.74 Å². The lowest BCUT2D eigenvalue weighted by Gasteiger charge is -2.33. The number of likely N-dealkylation sites (N-methyl/N-ethyl adjacent to an activating group) is 1. The van der Waals surface area contributed by atoms with Crippen molar-refractivity contribution in [3.05, 3.63) is 0 Å². The number of ether oxygens (including phenoxy) is 1. The van der Waals surface area contributed by atoms with E-state index < -0.39 is 11.5 Å². The zero-order valence-electron chi connectivity index (χ0n) is 12.6. The maximum Gasteiger partial charge on any atom is 0.329 e. The van der Waals surface area contributed by atoms with Gasteiger partial charge in [0.25, 0.3) is 0 Å². The second kappa shape index (κ2) is 7.47. The SMILES string of the molecule is COCC(C)N(C)C(=O)NC1(C(=O)O)CCCCCC1. The fraction of sp³-hybridized carbons (Fsp3) is 0.857. The van der Waals surface area contributed by atoms with Crippen LogP contribution in [0.5, 0.6) is 0 Å². The van der Waals surface area contributed by atoms with E-state index in [1.165, 1.54) is 4.90 Å². The zero-order chi connectivity index (χ0) is 15.2. The molecule has 1 atom stereocenters. The van der Waals surface area contributed by atoms with Crippen molar-refractivity contribution in [1.29, 1.82) is 0 Å². The molecule has 2 amide bonds. The first-order valence-electron chi connectivity index (χ1n) is 7.20. The standard InChI is InChI=1S/C14H26N2O4/c1-11(10-20-3)16(2)13(19)15-14(12(17)18)8-6-4-5-7-9-14/h11H,4-10H2,1-3H3,(H,15,19)(H,17,18). The number of carbonyl (C=O) groups excluding carboxylic acids is 1. The van der Waals surface area contributed by atoms with Gasteiger partial charge in [-0.25, -0.2) is 9.59 Å². The van der Waals surface area contributed by atoms with Crippen molar-refractivity contribution in [2.45, 2.75) is 57.0 Å². The molecule has 1 aliphatic carbocycles. The molecule has 1 rings (SSSR count). The first kappa shape index (κ1) is 16.8. The fourth-order valence-corrected chi connectivity index (χ4v) is 2.57. The van der Waals surface area contributed by atoms with Gasteiger partial charge in [-0.1, -0.05) is 25.7 Å². The Balaban J connectivity index is 2.74. The molecule has 2 N–H and O–H groups in total. The van der Waals surface area contributed by atoms with Gasteiger partial charge in [-0.3, -0.25) is 0 Å². The highest BCUT2D eigenvalue weighted by molar-refractivity contribution is 5.86. The zero-order valence-corrected chi connectivity index (χ0v) is 12.6. The van der Waals surface area contributed by atoms with Crippen LogP contribution in [0.3, 0.4) is 0 Å². The molecule has 0 spiro atoms. The van der Waals surface area contributed by atoms with Gasteiger partial charge in [0.15, 0.2) is 0 Å². The topological polar surface area (TPSA) is 78.9 Å². The summed E-state index contributed by atoms with van der Waals surface area (Å²) in [4.78, 5) is 25.4. The summed E-state index contributed by atoms with van der Waals surface area (Å²) in [7, 11) is 3.23. The Bertz CT molecular complexity index is 338. The molecule has 6 nitrogen and oxygen atoms in total. The van der Waals surface area contributed by atoms with Crippen LogP contribution in [0.15, 0.2) is 0 Å². The Hall–Kier alpha value is -1.30. The third-order valence-electron chi connectivity index (χ3n) is 4.10. The van der Waals surface area contributed by atoms with Gasteiger partial charge < -0.3 is 20.1 Å². The van der Waals surface area contributed by atoms with E-state index >= 15 is 0 Å². The van der Waals surface area contributed by atoms with Gasteiger partial charge >= 0.3 is 12.0 Å². The fourth-order valence-electron chi connectivity index (χ4n) is 2.57. The van der Waals surface area contributed by atoms with Crippen molar-refractivity contribution in [2.24, 2.45) is 0 Å². The smallest absolute Gasteiger partial charge is 0.329 e. The summed E-state index contributed by atoms with van der Waals surface area (Å²) in [6, 6.07) is -0.449. The first-order valence-corrected chi connectivity index (χ1v) is 7.20. The minimum Gasteiger partial charge on any atom is -0.480 e. The van der Waals surface area contributed by atoms with Crippen LogP contribution in [0.2, 0.25) is 0 Å².